The normalized spacial score (nSPS) is 10.5. The summed E-state index contributed by atoms with van der Waals surface area (Å²) < 4.78 is 0. The highest BCUT2D eigenvalue weighted by molar-refractivity contribution is 5.95. The van der Waals surface area contributed by atoms with Gasteiger partial charge in [0.1, 0.15) is 0 Å². The molecule has 0 aliphatic heterocycles. The molecule has 0 saturated carbocycles. The van der Waals surface area contributed by atoms with Crippen molar-refractivity contribution in [1.29, 1.82) is 0 Å². The number of hydrogen-bond acceptors (Lipinski definition) is 2. The molecule has 1 amide bonds. The van der Waals surface area contributed by atoms with E-state index in [9.17, 15) is 9.59 Å². The Morgan fingerprint density at radius 2 is 1.88 bits per heavy atom. The van der Waals surface area contributed by atoms with Gasteiger partial charge in [-0.05, 0) is 36.3 Å². The molecule has 0 heterocycles. The van der Waals surface area contributed by atoms with E-state index in [-0.39, 0.29) is 5.91 Å². The zero-order chi connectivity index (χ0) is 13.0. The Hall–Kier alpha value is -2.10. The number of nitrogens with zero attached hydrogens (tertiary/aromatic N) is 1. The maximum Gasteiger partial charge on any atom is 0.328 e. The van der Waals surface area contributed by atoms with Gasteiger partial charge in [0.2, 0.25) is 0 Å². The van der Waals surface area contributed by atoms with E-state index in [1.54, 1.807) is 26.2 Å². The van der Waals surface area contributed by atoms with Gasteiger partial charge in [-0.15, -0.1) is 0 Å². The van der Waals surface area contributed by atoms with Crippen molar-refractivity contribution in [1.82, 2.24) is 4.90 Å². The van der Waals surface area contributed by atoms with Crippen LogP contribution in [-0.2, 0) is 4.79 Å². The third kappa shape index (κ3) is 3.75. The SMILES string of the molecule is Cc1cc(/C=C/C(=O)O)cc(C(=O)N(C)C)c1. The minimum Gasteiger partial charge on any atom is -0.478 e. The summed E-state index contributed by atoms with van der Waals surface area (Å²) >= 11 is 0. The van der Waals surface area contributed by atoms with Gasteiger partial charge in [0.05, 0.1) is 0 Å². The van der Waals surface area contributed by atoms with Crippen molar-refractivity contribution in [2.45, 2.75) is 6.92 Å². The highest BCUT2D eigenvalue weighted by atomic mass is 16.4. The lowest BCUT2D eigenvalue weighted by Crippen LogP contribution is -2.21. The Morgan fingerprint density at radius 1 is 1.24 bits per heavy atom. The first-order valence-electron chi connectivity index (χ1n) is 5.14. The number of carboxylic acids is 1. The fraction of sp³-hybridized carbons (Fsp3) is 0.231. The summed E-state index contributed by atoms with van der Waals surface area (Å²) in [4.78, 5) is 23.7. The number of aliphatic carboxylic acids is 1. The summed E-state index contributed by atoms with van der Waals surface area (Å²) in [5, 5.41) is 8.55. The zero-order valence-corrected chi connectivity index (χ0v) is 10.1. The molecular weight excluding hydrogens is 218 g/mol. The van der Waals surface area contributed by atoms with Crippen molar-refractivity contribution < 1.29 is 14.7 Å². The zero-order valence-electron chi connectivity index (χ0n) is 10.1. The Bertz CT molecular complexity index is 476. The molecule has 0 unspecified atom stereocenters. The fourth-order valence-corrected chi connectivity index (χ4v) is 1.46. The first-order valence-corrected chi connectivity index (χ1v) is 5.14. The van der Waals surface area contributed by atoms with Crippen LogP contribution in [0.2, 0.25) is 0 Å². The van der Waals surface area contributed by atoms with Crippen LogP contribution in [0.15, 0.2) is 24.3 Å². The highest BCUT2D eigenvalue weighted by Gasteiger charge is 2.08. The quantitative estimate of drug-likeness (QED) is 0.810. The van der Waals surface area contributed by atoms with Crippen LogP contribution in [0.4, 0.5) is 0 Å². The van der Waals surface area contributed by atoms with Gasteiger partial charge in [0.25, 0.3) is 5.91 Å². The smallest absolute Gasteiger partial charge is 0.328 e. The van der Waals surface area contributed by atoms with E-state index in [2.05, 4.69) is 0 Å². The van der Waals surface area contributed by atoms with E-state index in [4.69, 9.17) is 5.11 Å². The average Bonchev–Trinajstić information content (AvgIpc) is 2.24. The number of carboxylic acid groups (broad SMARTS) is 1. The minimum absolute atomic E-state index is 0.0984. The molecule has 0 bridgehead atoms. The summed E-state index contributed by atoms with van der Waals surface area (Å²) in [6.45, 7) is 1.87. The molecule has 0 fully saturated rings. The van der Waals surface area contributed by atoms with Gasteiger partial charge in [-0.1, -0.05) is 6.07 Å². The monoisotopic (exact) mass is 233 g/mol. The predicted molar refractivity (Wildman–Crippen MR) is 65.9 cm³/mol. The third-order valence-electron chi connectivity index (χ3n) is 2.17. The summed E-state index contributed by atoms with van der Waals surface area (Å²) in [6.07, 6.45) is 2.53. The third-order valence-corrected chi connectivity index (χ3v) is 2.17. The molecule has 0 aliphatic carbocycles. The van der Waals surface area contributed by atoms with Crippen molar-refractivity contribution in [3.05, 3.63) is 41.0 Å². The van der Waals surface area contributed by atoms with Gasteiger partial charge in [-0.2, -0.15) is 0 Å². The van der Waals surface area contributed by atoms with Crippen LogP contribution in [0.3, 0.4) is 0 Å². The molecule has 1 N–H and O–H groups in total. The van der Waals surface area contributed by atoms with E-state index in [1.165, 1.54) is 11.0 Å². The maximum atomic E-state index is 11.8. The van der Waals surface area contributed by atoms with Crippen LogP contribution in [0.5, 0.6) is 0 Å². The van der Waals surface area contributed by atoms with Gasteiger partial charge in [-0.25, -0.2) is 4.79 Å². The molecule has 90 valence electrons. The van der Waals surface area contributed by atoms with E-state index in [1.807, 2.05) is 13.0 Å². The molecule has 0 aromatic heterocycles. The standard InChI is InChI=1S/C13H15NO3/c1-9-6-10(4-5-12(15)16)8-11(7-9)13(17)14(2)3/h4-8H,1-3H3,(H,15,16)/b5-4+. The van der Waals surface area contributed by atoms with Gasteiger partial charge in [0, 0.05) is 25.7 Å². The molecule has 1 aromatic rings. The molecular formula is C13H15NO3. The molecule has 0 atom stereocenters. The van der Waals surface area contributed by atoms with E-state index < -0.39 is 5.97 Å². The second kappa shape index (κ2) is 5.30. The van der Waals surface area contributed by atoms with Crippen LogP contribution in [-0.4, -0.2) is 36.0 Å². The number of amides is 1. The lowest BCUT2D eigenvalue weighted by molar-refractivity contribution is -0.131. The largest absolute Gasteiger partial charge is 0.478 e. The van der Waals surface area contributed by atoms with Gasteiger partial charge in [0.15, 0.2) is 0 Å². The molecule has 0 spiro atoms. The number of aryl methyl sites for hydroxylation is 1. The Kier molecular flexibility index (Phi) is 4.04. The first kappa shape index (κ1) is 13.0. The molecule has 0 radical (unpaired) electrons. The Balaban J connectivity index is 3.10. The summed E-state index contributed by atoms with van der Waals surface area (Å²) in [5.74, 6) is -1.11. The summed E-state index contributed by atoms with van der Waals surface area (Å²) in [5.41, 5.74) is 2.18. The average molecular weight is 233 g/mol. The fourth-order valence-electron chi connectivity index (χ4n) is 1.46. The van der Waals surface area contributed by atoms with E-state index in [0.29, 0.717) is 11.1 Å². The van der Waals surface area contributed by atoms with Crippen molar-refractivity contribution in [2.75, 3.05) is 14.1 Å². The number of hydrogen-bond donors (Lipinski definition) is 1. The molecule has 0 saturated heterocycles. The molecule has 4 nitrogen and oxygen atoms in total. The van der Waals surface area contributed by atoms with Crippen molar-refractivity contribution in [3.8, 4) is 0 Å². The molecule has 1 aromatic carbocycles. The number of carbonyl (C=O) groups is 2. The number of carbonyl (C=O) groups excluding carboxylic acids is 1. The van der Waals surface area contributed by atoms with Gasteiger partial charge < -0.3 is 10.0 Å². The molecule has 0 aliphatic rings. The minimum atomic E-state index is -1.01. The second-order valence-electron chi connectivity index (χ2n) is 4.00. The van der Waals surface area contributed by atoms with Crippen molar-refractivity contribution >= 4 is 18.0 Å². The van der Waals surface area contributed by atoms with E-state index in [0.717, 1.165) is 11.6 Å². The van der Waals surface area contributed by atoms with E-state index >= 15 is 0 Å². The number of benzene rings is 1. The van der Waals surface area contributed by atoms with Crippen molar-refractivity contribution in [3.63, 3.8) is 0 Å². The van der Waals surface area contributed by atoms with Gasteiger partial charge >= 0.3 is 5.97 Å². The van der Waals surface area contributed by atoms with Gasteiger partial charge in [-0.3, -0.25) is 4.79 Å². The first-order chi connectivity index (χ1) is 7.90. The van der Waals surface area contributed by atoms with Crippen molar-refractivity contribution in [2.24, 2.45) is 0 Å². The van der Waals surface area contributed by atoms with Crippen LogP contribution >= 0.6 is 0 Å². The maximum absolute atomic E-state index is 11.8. The lowest BCUT2D eigenvalue weighted by atomic mass is 10.1. The lowest BCUT2D eigenvalue weighted by Gasteiger charge is -2.11. The molecule has 1 rings (SSSR count). The molecule has 17 heavy (non-hydrogen) atoms. The summed E-state index contributed by atoms with van der Waals surface area (Å²) in [6, 6.07) is 5.28. The van der Waals surface area contributed by atoms with Crippen LogP contribution in [0.1, 0.15) is 21.5 Å². The molecule has 4 heteroatoms. The predicted octanol–water partition coefficient (Wildman–Crippen LogP) is 1.79. The summed E-state index contributed by atoms with van der Waals surface area (Å²) in [7, 11) is 3.36. The second-order valence-corrected chi connectivity index (χ2v) is 4.00. The Labute approximate surface area is 100 Å². The van der Waals surface area contributed by atoms with Crippen LogP contribution in [0.25, 0.3) is 6.08 Å². The van der Waals surface area contributed by atoms with Crippen LogP contribution in [0, 0.1) is 6.92 Å². The highest BCUT2D eigenvalue weighted by Crippen LogP contribution is 2.12. The Morgan fingerprint density at radius 3 is 2.41 bits per heavy atom. The topological polar surface area (TPSA) is 57.6 Å². The number of rotatable bonds is 3. The van der Waals surface area contributed by atoms with Crippen LogP contribution < -0.4 is 0 Å².